The molecule has 5 heterocycles. The van der Waals surface area contributed by atoms with E-state index < -0.39 is 220 Å². The summed E-state index contributed by atoms with van der Waals surface area (Å²) in [5.41, 5.74) is 1.43. The predicted molar refractivity (Wildman–Crippen MR) is 393 cm³/mol. The Labute approximate surface area is 590 Å². The Morgan fingerprint density at radius 1 is 0.442 bits per heavy atom. The van der Waals surface area contributed by atoms with E-state index in [4.69, 9.17) is 18.3 Å². The van der Waals surface area contributed by atoms with E-state index in [-0.39, 0.29) is 50.3 Å². The van der Waals surface area contributed by atoms with E-state index >= 15 is 0 Å². The molecular weight excluding hydrogens is 1170 g/mol. The van der Waals surface area contributed by atoms with Gasteiger partial charge in [0.2, 0.25) is 0 Å². The quantitative estimate of drug-likeness (QED) is 0.0593. The summed E-state index contributed by atoms with van der Waals surface area (Å²) in [5.74, 6) is 1.20. The fourth-order valence-corrected chi connectivity index (χ4v) is 16.8. The Hall–Kier alpha value is -11.9. The summed E-state index contributed by atoms with van der Waals surface area (Å²) in [7, 11) is -6.51. The highest BCUT2D eigenvalue weighted by Gasteiger charge is 2.41. The van der Waals surface area contributed by atoms with Gasteiger partial charge in [-0.15, -0.1) is 0 Å². The van der Waals surface area contributed by atoms with E-state index in [9.17, 15) is 32.9 Å². The van der Waals surface area contributed by atoms with Crippen LogP contribution in [0.2, 0.25) is 0 Å². The van der Waals surface area contributed by atoms with Crippen molar-refractivity contribution < 1.29 is 50.7 Å². The predicted octanol–water partition coefficient (Wildman–Crippen LogP) is 19.2. The fourth-order valence-electron chi connectivity index (χ4n) is 13.3. The van der Waals surface area contributed by atoms with Crippen LogP contribution in [0.1, 0.15) is 63.3 Å². The monoisotopic (exact) mass is 1260 g/mol. The molecule has 0 bridgehead atoms. The van der Waals surface area contributed by atoms with Crippen molar-refractivity contribution in [1.29, 1.82) is 0 Å². The number of hydrogen-bond donors (Lipinski definition) is 0. The molecule has 13 aromatic carbocycles. The molecule has 4 aromatic heterocycles. The molecule has 18 rings (SSSR count). The van der Waals surface area contributed by atoms with Crippen molar-refractivity contribution in [2.75, 3.05) is 0 Å². The molecule has 0 amide bonds. The number of pyridine rings is 1. The van der Waals surface area contributed by atoms with Crippen LogP contribution in [0.3, 0.4) is 0 Å². The van der Waals surface area contributed by atoms with Crippen LogP contribution < -0.4 is 30.1 Å². The number of ether oxygens (including phenoxy) is 1. The SMILES string of the molecule is [2H]c1c([2H])c([2H])c([Si](c2c([2H])c([2H])c([2H])c([2H])c2[2H])(c2c([2H])c([2H])c([2H])c([2H])c2[2H])c2c([2H])c([2H])c([2H])c(-c3cc4c5c(c3)n(-c3cccc(Oc6ccc7c8ccccc8n(-c8cc(C(C)(C)C)ccn8)c7c6)c3)[c-][n+]5-c3c(-c5ccc6oc7ccccc7c6c5)cccc3-c3c([2H])c([2H])c([2H])c([2H])c3-c3c([2H])c([2H])c([2H])c([2H])c3-4)c2[2H])c([2H])c1[2H]. The average Bonchev–Trinajstić information content (AvgIpc) is 0.848. The molecule has 0 N–H and O–H groups in total. The van der Waals surface area contributed by atoms with Crippen molar-refractivity contribution in [2.45, 2.75) is 26.2 Å². The van der Waals surface area contributed by atoms with Gasteiger partial charge >= 0.3 is 0 Å². The van der Waals surface area contributed by atoms with Gasteiger partial charge in [0.1, 0.15) is 28.5 Å². The van der Waals surface area contributed by atoms with E-state index in [2.05, 4.69) is 31.7 Å². The number of hydrogen-bond acceptors (Lipinski definition) is 3. The zero-order valence-electron chi connectivity index (χ0n) is 77.6. The summed E-state index contributed by atoms with van der Waals surface area (Å²) < 4.78 is 281. The second kappa shape index (κ2) is 22.2. The number of nitrogens with zero attached hydrogens (tertiary/aromatic N) is 4. The molecule has 1 aliphatic rings. The fraction of sp³-hybridized carbons (Fsp3) is 0.0455. The van der Waals surface area contributed by atoms with E-state index in [1.807, 2.05) is 78.9 Å². The zero-order chi connectivity index (χ0) is 86.9. The first-order chi connectivity index (χ1) is 57.9. The zero-order valence-corrected chi connectivity index (χ0v) is 51.6. The average molecular weight is 1260 g/mol. The highest BCUT2D eigenvalue weighted by Crippen LogP contribution is 2.47. The van der Waals surface area contributed by atoms with Crippen molar-refractivity contribution in [1.82, 2.24) is 14.1 Å². The van der Waals surface area contributed by atoms with Crippen molar-refractivity contribution >= 4 is 83.6 Å². The standard InChI is InChI=1S/C88H62N4O2Si/c1-88(2,3)61-48-49-89-85(54-61)92-80-42-19-17-38-74(80)75-46-45-64(56-81(75)92)93-63-26-22-25-62(55-63)90-57-91-86-69(59-44-47-84-78(51-59)76-39-18-20-43-83(76)94-84)40-23-41-77(86)72-36-15-13-34-70(72)71-35-14-16-37-73(71)79-52-60(53-82(90)87(79)91)58-24-21-33-68(50-58)95(65-27-7-4-8-28-65,66-29-9-5-10-30-66)67-31-11-6-12-32-67/h4-56H,1-3H3/i4D,5D,6D,7D,8D,9D,10D,11D,12D,13D,14D,15D,16D,21D,24D,27D,28D,29D,30D,31D,32D,33D,34D,35D,36D,37D,50D. The smallest absolute Gasteiger partial charge is 0.269 e. The molecule has 0 saturated heterocycles. The van der Waals surface area contributed by atoms with Gasteiger partial charge in [0.25, 0.3) is 6.33 Å². The van der Waals surface area contributed by atoms with Crippen molar-refractivity contribution in [3.63, 3.8) is 0 Å². The van der Waals surface area contributed by atoms with Gasteiger partial charge in [-0.2, -0.15) is 0 Å². The van der Waals surface area contributed by atoms with E-state index in [0.717, 1.165) is 32.8 Å². The minimum atomic E-state index is -6.51. The molecule has 7 heteroatoms. The highest BCUT2D eigenvalue weighted by molar-refractivity contribution is 7.20. The maximum Gasteiger partial charge on any atom is 0.269 e. The van der Waals surface area contributed by atoms with Gasteiger partial charge in [0.05, 0.1) is 70.5 Å². The van der Waals surface area contributed by atoms with E-state index in [1.165, 1.54) is 16.7 Å². The number of furan rings is 1. The second-order valence-corrected chi connectivity index (χ2v) is 27.5. The van der Waals surface area contributed by atoms with Gasteiger partial charge in [0.15, 0.2) is 8.07 Å². The first-order valence-corrected chi connectivity index (χ1v) is 32.4. The third kappa shape index (κ3) is 9.14. The van der Waals surface area contributed by atoms with Crippen molar-refractivity contribution in [3.05, 3.63) is 333 Å². The maximum atomic E-state index is 11.1. The molecule has 0 radical (unpaired) electrons. The number of fused-ring (bicyclic) bond motifs is 13. The second-order valence-electron chi connectivity index (χ2n) is 24.0. The summed E-state index contributed by atoms with van der Waals surface area (Å²) in [6, 6.07) is 16.0. The van der Waals surface area contributed by atoms with Crippen LogP contribution in [0.4, 0.5) is 0 Å². The van der Waals surface area contributed by atoms with Gasteiger partial charge < -0.3 is 9.15 Å². The van der Waals surface area contributed by atoms with Gasteiger partial charge in [-0.05, 0) is 160 Å². The Kier molecular flexibility index (Phi) is 8.09. The minimum Gasteiger partial charge on any atom is -0.458 e. The van der Waals surface area contributed by atoms with Crippen LogP contribution in [0, 0.1) is 6.33 Å². The summed E-state index contributed by atoms with van der Waals surface area (Å²) in [6.45, 7) is 6.33. The van der Waals surface area contributed by atoms with Crippen LogP contribution in [0.5, 0.6) is 11.5 Å². The lowest BCUT2D eigenvalue weighted by Crippen LogP contribution is -2.74. The third-order valence-electron chi connectivity index (χ3n) is 17.6. The van der Waals surface area contributed by atoms with Gasteiger partial charge in [-0.3, -0.25) is 13.7 Å². The van der Waals surface area contributed by atoms with Crippen LogP contribution in [0.25, 0.3) is 128 Å². The number of benzene rings is 13. The van der Waals surface area contributed by atoms with Crippen molar-refractivity contribution in [2.24, 2.45) is 0 Å². The number of aromatic nitrogens is 4. The molecule has 0 fully saturated rings. The normalized spacial score (nSPS) is 16.1. The molecule has 17 aromatic rings. The maximum absolute atomic E-state index is 11.1. The molecule has 0 atom stereocenters. The molecule has 0 saturated carbocycles. The topological polar surface area (TPSA) is 49.0 Å². The van der Waals surface area contributed by atoms with Crippen LogP contribution in [-0.2, 0) is 5.41 Å². The lowest BCUT2D eigenvalue weighted by Gasteiger charge is -2.34. The van der Waals surface area contributed by atoms with Gasteiger partial charge in [-0.25, -0.2) is 4.98 Å². The summed E-state index contributed by atoms with van der Waals surface area (Å²) >= 11 is 0. The van der Waals surface area contributed by atoms with Gasteiger partial charge in [-0.1, -0.05) is 257 Å². The number of para-hydroxylation sites is 3. The lowest BCUT2D eigenvalue weighted by atomic mass is 9.87. The Bertz CT molecular complexity index is 7350. The summed E-state index contributed by atoms with van der Waals surface area (Å²) in [4.78, 5) is 4.88. The minimum absolute atomic E-state index is 0.0389. The molecule has 0 unspecified atom stereocenters. The summed E-state index contributed by atoms with van der Waals surface area (Å²) in [6.07, 6.45) is 5.34. The van der Waals surface area contributed by atoms with Crippen LogP contribution in [-0.4, -0.2) is 22.2 Å². The highest BCUT2D eigenvalue weighted by atomic mass is 28.3. The molecule has 450 valence electrons. The molecule has 0 spiro atoms. The van der Waals surface area contributed by atoms with Crippen molar-refractivity contribution in [3.8, 4) is 84.3 Å². The first-order valence-electron chi connectivity index (χ1n) is 43.9. The molecule has 1 aliphatic heterocycles. The Morgan fingerprint density at radius 3 is 1.78 bits per heavy atom. The van der Waals surface area contributed by atoms with Crippen LogP contribution >= 0.6 is 0 Å². The third-order valence-corrected chi connectivity index (χ3v) is 21.6. The first kappa shape index (κ1) is 34.7. The largest absolute Gasteiger partial charge is 0.458 e. The van der Waals surface area contributed by atoms with E-state index in [1.54, 1.807) is 71.4 Å². The molecule has 95 heavy (non-hydrogen) atoms. The van der Waals surface area contributed by atoms with E-state index in [0.29, 0.717) is 39.2 Å². The van der Waals surface area contributed by atoms with Gasteiger partial charge in [0, 0.05) is 33.8 Å². The summed E-state index contributed by atoms with van der Waals surface area (Å²) in [5, 5.41) is -1.19. The molecular formula is C88H62N4O2Si. The number of rotatable bonds is 10. The molecule has 6 nitrogen and oxygen atoms in total. The Morgan fingerprint density at radius 2 is 1.05 bits per heavy atom. The number of imidazole rings is 1. The Balaban J connectivity index is 1.02. The van der Waals surface area contributed by atoms with Crippen LogP contribution in [0.15, 0.2) is 325 Å². The lowest BCUT2D eigenvalue weighted by molar-refractivity contribution is -0.570. The molecule has 0 aliphatic carbocycles.